The Morgan fingerprint density at radius 2 is 2.19 bits per heavy atom. The summed E-state index contributed by atoms with van der Waals surface area (Å²) in [5.41, 5.74) is 0.604. The van der Waals surface area contributed by atoms with Crippen molar-refractivity contribution < 1.29 is 22.7 Å². The lowest BCUT2D eigenvalue weighted by molar-refractivity contribution is -0.173. The van der Waals surface area contributed by atoms with Crippen molar-refractivity contribution in [2.45, 2.75) is 37.6 Å². The van der Waals surface area contributed by atoms with Crippen LogP contribution in [-0.4, -0.2) is 45.1 Å². The number of imidazole rings is 1. The molecule has 0 bridgehead atoms. The Morgan fingerprint density at radius 1 is 1.34 bits per heavy atom. The van der Waals surface area contributed by atoms with E-state index in [2.05, 4.69) is 20.7 Å². The van der Waals surface area contributed by atoms with Crippen molar-refractivity contribution in [1.29, 1.82) is 0 Å². The Labute approximate surface area is 182 Å². The molecule has 1 aliphatic heterocycles. The van der Waals surface area contributed by atoms with Crippen LogP contribution >= 0.6 is 0 Å². The van der Waals surface area contributed by atoms with Gasteiger partial charge in [-0.1, -0.05) is 12.1 Å². The monoisotopic (exact) mass is 448 g/mol. The van der Waals surface area contributed by atoms with E-state index in [4.69, 9.17) is 4.74 Å². The van der Waals surface area contributed by atoms with Gasteiger partial charge in [0.25, 0.3) is 5.91 Å². The first kappa shape index (κ1) is 21.7. The van der Waals surface area contributed by atoms with Crippen molar-refractivity contribution in [3.8, 4) is 5.75 Å². The Bertz CT molecular complexity index is 1060. The second-order valence-electron chi connectivity index (χ2n) is 7.54. The topological polar surface area (TPSA) is 86.0 Å². The van der Waals surface area contributed by atoms with Gasteiger partial charge in [-0.3, -0.25) is 4.79 Å². The number of halogens is 3. The van der Waals surface area contributed by atoms with Crippen molar-refractivity contribution >= 4 is 11.7 Å². The van der Waals surface area contributed by atoms with Gasteiger partial charge in [0, 0.05) is 38.0 Å². The van der Waals surface area contributed by atoms with E-state index in [-0.39, 0.29) is 17.9 Å². The maximum Gasteiger partial charge on any atom is 0.410 e. The van der Waals surface area contributed by atoms with Crippen LogP contribution in [0, 0.1) is 0 Å². The third-order valence-corrected chi connectivity index (χ3v) is 5.36. The lowest BCUT2D eigenvalue weighted by Gasteiger charge is -2.33. The number of hydrogen-bond acceptors (Lipinski definition) is 5. The quantitative estimate of drug-likeness (QED) is 0.540. The predicted molar refractivity (Wildman–Crippen MR) is 110 cm³/mol. The zero-order valence-electron chi connectivity index (χ0n) is 17.3. The van der Waals surface area contributed by atoms with Crippen LogP contribution < -0.4 is 15.4 Å². The molecular formula is C21H23F3N6O2. The summed E-state index contributed by atoms with van der Waals surface area (Å²) >= 11 is 0. The highest BCUT2D eigenvalue weighted by atomic mass is 19.4. The molecule has 4 rings (SSSR count). The zero-order chi connectivity index (χ0) is 22.7. The first-order valence-electron chi connectivity index (χ1n) is 10.2. The van der Waals surface area contributed by atoms with Crippen LogP contribution in [0.25, 0.3) is 0 Å². The fourth-order valence-electron chi connectivity index (χ4n) is 3.73. The van der Waals surface area contributed by atoms with E-state index >= 15 is 0 Å². The SMILES string of the molecule is COc1cccc([C@@H]2C[C@H](C(F)(F)F)n3nc(C(=O)NCCCn4ccnc4)cc3N2)c1. The minimum Gasteiger partial charge on any atom is -0.497 e. The number of nitrogens with zero attached hydrogens (tertiary/aromatic N) is 4. The molecule has 0 fully saturated rings. The summed E-state index contributed by atoms with van der Waals surface area (Å²) in [6.45, 7) is 1.03. The molecule has 8 nitrogen and oxygen atoms in total. The van der Waals surface area contributed by atoms with Gasteiger partial charge in [-0.05, 0) is 24.1 Å². The fraction of sp³-hybridized carbons (Fsp3) is 0.381. The molecule has 0 saturated heterocycles. The number of aromatic nitrogens is 4. The second-order valence-corrected chi connectivity index (χ2v) is 7.54. The molecule has 1 aromatic carbocycles. The number of methoxy groups -OCH3 is 1. The third kappa shape index (κ3) is 4.71. The number of fused-ring (bicyclic) bond motifs is 1. The highest BCUT2D eigenvalue weighted by molar-refractivity contribution is 5.93. The molecule has 2 N–H and O–H groups in total. The van der Waals surface area contributed by atoms with Gasteiger partial charge in [-0.2, -0.15) is 18.3 Å². The van der Waals surface area contributed by atoms with Crippen molar-refractivity contribution in [3.63, 3.8) is 0 Å². The number of hydrogen-bond donors (Lipinski definition) is 2. The minimum atomic E-state index is -4.52. The van der Waals surface area contributed by atoms with E-state index in [1.54, 1.807) is 36.8 Å². The van der Waals surface area contributed by atoms with Gasteiger partial charge in [0.15, 0.2) is 11.7 Å². The molecule has 0 aliphatic carbocycles. The third-order valence-electron chi connectivity index (χ3n) is 5.36. The molecule has 1 aliphatic rings. The number of carbonyl (C=O) groups is 1. The first-order valence-corrected chi connectivity index (χ1v) is 10.2. The summed E-state index contributed by atoms with van der Waals surface area (Å²) in [5.74, 6) is 0.191. The standard InChI is InChI=1S/C21H23F3N6O2/c1-32-15-5-2-4-14(10-15)16-11-18(21(22,23)24)30-19(27-16)12-17(28-30)20(31)26-6-3-8-29-9-7-25-13-29/h2,4-5,7,9-10,12-13,16,18,27H,3,6,8,11H2,1H3,(H,26,31)/t16-,18+/m0/s1. The lowest BCUT2D eigenvalue weighted by atomic mass is 9.97. The number of anilines is 1. The summed E-state index contributed by atoms with van der Waals surface area (Å²) in [6, 6.07) is 5.80. The number of aryl methyl sites for hydroxylation is 1. The first-order chi connectivity index (χ1) is 15.3. The summed E-state index contributed by atoms with van der Waals surface area (Å²) in [4.78, 5) is 16.4. The van der Waals surface area contributed by atoms with Gasteiger partial charge in [-0.15, -0.1) is 0 Å². The van der Waals surface area contributed by atoms with Crippen molar-refractivity contribution in [2.24, 2.45) is 0 Å². The molecule has 11 heteroatoms. The molecule has 32 heavy (non-hydrogen) atoms. The van der Waals surface area contributed by atoms with Crippen molar-refractivity contribution in [3.05, 3.63) is 60.3 Å². The van der Waals surface area contributed by atoms with E-state index in [9.17, 15) is 18.0 Å². The number of ether oxygens (including phenoxy) is 1. The van der Waals surface area contributed by atoms with Crippen LogP contribution in [0.15, 0.2) is 49.1 Å². The molecule has 3 heterocycles. The Balaban J connectivity index is 1.49. The smallest absolute Gasteiger partial charge is 0.410 e. The zero-order valence-corrected chi connectivity index (χ0v) is 17.3. The maximum absolute atomic E-state index is 13.8. The minimum absolute atomic E-state index is 0.0596. The Kier molecular flexibility index (Phi) is 6.06. The highest BCUT2D eigenvalue weighted by Gasteiger charge is 2.46. The van der Waals surface area contributed by atoms with E-state index < -0.39 is 24.2 Å². The summed E-state index contributed by atoms with van der Waals surface area (Å²) in [5, 5.41) is 9.76. The van der Waals surface area contributed by atoms with Gasteiger partial charge < -0.3 is 19.9 Å². The van der Waals surface area contributed by atoms with Crippen LogP contribution in [-0.2, 0) is 6.54 Å². The van der Waals surface area contributed by atoms with Crippen LogP contribution in [0.5, 0.6) is 5.75 Å². The number of carbonyl (C=O) groups excluding carboxylic acids is 1. The van der Waals surface area contributed by atoms with Gasteiger partial charge in [0.05, 0.1) is 19.5 Å². The normalized spacial score (nSPS) is 18.0. The summed E-state index contributed by atoms with van der Waals surface area (Å²) in [6.07, 6.45) is 1.03. The number of alkyl halides is 3. The largest absolute Gasteiger partial charge is 0.497 e. The van der Waals surface area contributed by atoms with Crippen LogP contribution in [0.2, 0.25) is 0 Å². The molecule has 0 spiro atoms. The number of amides is 1. The van der Waals surface area contributed by atoms with Gasteiger partial charge in [0.1, 0.15) is 11.6 Å². The molecule has 170 valence electrons. The highest BCUT2D eigenvalue weighted by Crippen LogP contribution is 2.43. The second kappa shape index (κ2) is 8.93. The van der Waals surface area contributed by atoms with Crippen molar-refractivity contribution in [2.75, 3.05) is 19.0 Å². The molecule has 0 radical (unpaired) electrons. The van der Waals surface area contributed by atoms with Gasteiger partial charge in [0.2, 0.25) is 0 Å². The molecule has 2 aromatic heterocycles. The fourth-order valence-corrected chi connectivity index (χ4v) is 3.73. The van der Waals surface area contributed by atoms with Crippen LogP contribution in [0.1, 0.15) is 41.0 Å². The van der Waals surface area contributed by atoms with Gasteiger partial charge in [-0.25, -0.2) is 9.67 Å². The van der Waals surface area contributed by atoms with E-state index in [1.165, 1.54) is 13.2 Å². The lowest BCUT2D eigenvalue weighted by Crippen LogP contribution is -2.35. The Morgan fingerprint density at radius 3 is 2.91 bits per heavy atom. The molecule has 3 aromatic rings. The molecule has 0 unspecified atom stereocenters. The number of nitrogens with one attached hydrogen (secondary N) is 2. The maximum atomic E-state index is 13.8. The number of rotatable bonds is 7. The van der Waals surface area contributed by atoms with E-state index in [0.29, 0.717) is 30.8 Å². The predicted octanol–water partition coefficient (Wildman–Crippen LogP) is 3.57. The van der Waals surface area contributed by atoms with Crippen LogP contribution in [0.4, 0.5) is 19.0 Å². The molecule has 2 atom stereocenters. The van der Waals surface area contributed by atoms with Crippen LogP contribution in [0.3, 0.4) is 0 Å². The molecule has 1 amide bonds. The molecule has 0 saturated carbocycles. The molecular weight excluding hydrogens is 425 g/mol. The van der Waals surface area contributed by atoms with E-state index in [0.717, 1.165) is 4.68 Å². The summed E-state index contributed by atoms with van der Waals surface area (Å²) in [7, 11) is 1.50. The van der Waals surface area contributed by atoms with E-state index in [1.807, 2.05) is 10.8 Å². The average molecular weight is 448 g/mol. The van der Waals surface area contributed by atoms with Crippen molar-refractivity contribution in [1.82, 2.24) is 24.6 Å². The summed E-state index contributed by atoms with van der Waals surface area (Å²) < 4.78 is 49.4. The van der Waals surface area contributed by atoms with Gasteiger partial charge >= 0.3 is 6.18 Å². The number of benzene rings is 1. The average Bonchev–Trinajstić information content (AvgIpc) is 3.45. The Hall–Kier alpha value is -3.50.